The molecular weight excluding hydrogens is 917 g/mol. The number of phenols is 4. The summed E-state index contributed by atoms with van der Waals surface area (Å²) < 4.78 is 103. The summed E-state index contributed by atoms with van der Waals surface area (Å²) in [6.45, 7) is 3.56. The topological polar surface area (TPSA) is 318 Å². The largest absolute Gasteiger partial charge is 0.507 e. The van der Waals surface area contributed by atoms with Crippen LogP contribution in [0.5, 0.6) is 23.0 Å². The summed E-state index contributed by atoms with van der Waals surface area (Å²) in [5.41, 5.74) is 3.20. The van der Waals surface area contributed by atoms with E-state index < -0.39 is 73.7 Å². The number of rotatable bonds is 10. The Morgan fingerprint density at radius 2 is 0.773 bits per heavy atom. The van der Waals surface area contributed by atoms with Crippen molar-refractivity contribution in [2.75, 3.05) is 0 Å². The SMILES string of the molecule is Cc1cc(-c2ccc(N=Nc3ccc(N=Nc4cc(S(=O)(=O)O)c5cccc(O)c5c4O)c4cc(S(=O)(=O)O)ccc34)c(C)c2)ccc1N=Nc1cc(S(=O)(=O)O)c2cccc(O)c2c1O. The van der Waals surface area contributed by atoms with E-state index in [2.05, 4.69) is 30.7 Å². The number of hydrogen-bond donors (Lipinski definition) is 7. The van der Waals surface area contributed by atoms with E-state index in [-0.39, 0.29) is 44.0 Å². The lowest BCUT2D eigenvalue weighted by molar-refractivity contribution is 0.462. The van der Waals surface area contributed by atoms with Crippen molar-refractivity contribution < 1.29 is 59.3 Å². The number of phenolic OH excluding ortho intramolecular Hbond substituents is 4. The molecule has 0 bridgehead atoms. The third-order valence-corrected chi connectivity index (χ3v) is 13.1. The first-order chi connectivity index (χ1) is 31.1. The van der Waals surface area contributed by atoms with E-state index in [1.54, 1.807) is 38.1 Å². The number of hydrogen-bond acceptors (Lipinski definition) is 16. The molecule has 0 saturated carbocycles. The normalized spacial score (nSPS) is 12.7. The van der Waals surface area contributed by atoms with Crippen molar-refractivity contribution in [3.05, 3.63) is 126 Å². The Morgan fingerprint density at radius 3 is 1.18 bits per heavy atom. The van der Waals surface area contributed by atoms with E-state index in [0.29, 0.717) is 27.9 Å². The van der Waals surface area contributed by atoms with Crippen molar-refractivity contribution in [2.45, 2.75) is 28.5 Å². The van der Waals surface area contributed by atoms with E-state index in [9.17, 15) is 59.3 Å². The highest BCUT2D eigenvalue weighted by molar-refractivity contribution is 7.86. The van der Waals surface area contributed by atoms with Crippen LogP contribution in [0.1, 0.15) is 11.1 Å². The summed E-state index contributed by atoms with van der Waals surface area (Å²) in [5, 5.41) is 67.3. The van der Waals surface area contributed by atoms with E-state index in [4.69, 9.17) is 0 Å². The minimum absolute atomic E-state index is 0.0126. The zero-order valence-corrected chi connectivity index (χ0v) is 36.4. The predicted molar refractivity (Wildman–Crippen MR) is 242 cm³/mol. The number of aromatic hydroxyl groups is 4. The van der Waals surface area contributed by atoms with Crippen LogP contribution in [0.4, 0.5) is 34.1 Å². The van der Waals surface area contributed by atoms with Gasteiger partial charge in [0, 0.05) is 21.5 Å². The third-order valence-electron chi connectivity index (χ3n) is 10.4. The first-order valence-electron chi connectivity index (χ1n) is 19.0. The molecule has 8 rings (SSSR count). The van der Waals surface area contributed by atoms with Gasteiger partial charge in [0.1, 0.15) is 32.7 Å². The molecule has 0 aromatic heterocycles. The second-order valence-corrected chi connectivity index (χ2v) is 18.9. The van der Waals surface area contributed by atoms with Crippen molar-refractivity contribution in [3.8, 4) is 34.1 Å². The number of azo groups is 3. The van der Waals surface area contributed by atoms with Gasteiger partial charge >= 0.3 is 0 Å². The summed E-state index contributed by atoms with van der Waals surface area (Å²) >= 11 is 0. The van der Waals surface area contributed by atoms with Crippen molar-refractivity contribution in [1.82, 2.24) is 0 Å². The summed E-state index contributed by atoms with van der Waals surface area (Å²) in [4.78, 5) is -1.74. The zero-order valence-electron chi connectivity index (χ0n) is 34.0. The summed E-state index contributed by atoms with van der Waals surface area (Å²) in [6, 6.07) is 26.6. The second-order valence-electron chi connectivity index (χ2n) is 14.7. The second kappa shape index (κ2) is 16.7. The average Bonchev–Trinajstić information content (AvgIpc) is 3.24. The summed E-state index contributed by atoms with van der Waals surface area (Å²) in [5.74, 6) is -2.13. The smallest absolute Gasteiger partial charge is 0.295 e. The molecule has 0 fully saturated rings. The minimum Gasteiger partial charge on any atom is -0.507 e. The molecule has 0 atom stereocenters. The molecule has 0 spiro atoms. The number of nitrogens with zero attached hydrogens (tertiary/aromatic N) is 6. The van der Waals surface area contributed by atoms with Gasteiger partial charge in [-0.05, 0) is 109 Å². The molecule has 0 radical (unpaired) electrons. The third kappa shape index (κ3) is 8.61. The molecule has 0 aliphatic rings. The molecule has 19 nitrogen and oxygen atoms in total. The van der Waals surface area contributed by atoms with Crippen molar-refractivity contribution in [3.63, 3.8) is 0 Å². The van der Waals surface area contributed by atoms with Crippen LogP contribution in [-0.2, 0) is 30.4 Å². The van der Waals surface area contributed by atoms with E-state index >= 15 is 0 Å². The van der Waals surface area contributed by atoms with Crippen LogP contribution in [0.2, 0.25) is 0 Å². The van der Waals surface area contributed by atoms with Gasteiger partial charge in [-0.25, -0.2) is 0 Å². The molecule has 0 heterocycles. The molecule has 66 heavy (non-hydrogen) atoms. The summed E-state index contributed by atoms with van der Waals surface area (Å²) in [7, 11) is -14.4. The number of aryl methyl sites for hydroxylation is 2. The summed E-state index contributed by atoms with van der Waals surface area (Å²) in [6.07, 6.45) is 0. The van der Waals surface area contributed by atoms with Gasteiger partial charge < -0.3 is 20.4 Å². The maximum atomic E-state index is 12.2. The van der Waals surface area contributed by atoms with Gasteiger partial charge in [0.25, 0.3) is 30.4 Å². The lowest BCUT2D eigenvalue weighted by atomic mass is 10.0. The fourth-order valence-electron chi connectivity index (χ4n) is 7.21. The molecule has 0 aliphatic carbocycles. The van der Waals surface area contributed by atoms with E-state index in [1.807, 2.05) is 12.1 Å². The molecule has 7 N–H and O–H groups in total. The van der Waals surface area contributed by atoms with Gasteiger partial charge in [0.05, 0.1) is 38.4 Å². The Hall–Kier alpha value is -7.73. The fraction of sp³-hybridized carbons (Fsp3) is 0.0455. The molecule has 22 heteroatoms. The Labute approximate surface area is 374 Å². The molecule has 334 valence electrons. The van der Waals surface area contributed by atoms with Crippen molar-refractivity contribution in [1.29, 1.82) is 0 Å². The number of benzene rings is 8. The van der Waals surface area contributed by atoms with Crippen LogP contribution in [0.15, 0.2) is 161 Å². The van der Waals surface area contributed by atoms with Gasteiger partial charge in [-0.15, -0.1) is 20.5 Å². The standard InChI is InChI=1S/C44H32N6O13S3/c1-22-17-24(25-10-14-32(23(2)18-25)46-49-35-20-39(65(58,59)60)28-5-3-7-37(51)41(28)43(35)53)9-13-31(22)45-47-33-15-16-34(30-19-26(64(55,56)57)11-12-27(30)33)48-50-36-21-40(66(61,62)63)29-6-4-8-38(52)42(29)44(36)54/h3-21,51-54H,1-2H3,(H,55,56,57)(H,58,59,60)(H,61,62,63). The quantitative estimate of drug-likeness (QED) is 0.0496. The Balaban J connectivity index is 1.09. The number of fused-ring (bicyclic) bond motifs is 3. The predicted octanol–water partition coefficient (Wildman–Crippen LogP) is 11.2. The van der Waals surface area contributed by atoms with Gasteiger partial charge in [-0.1, -0.05) is 42.5 Å². The average molecular weight is 949 g/mol. The highest BCUT2D eigenvalue weighted by atomic mass is 32.2. The molecule has 0 saturated heterocycles. The molecule has 8 aromatic rings. The Morgan fingerprint density at radius 1 is 0.379 bits per heavy atom. The molecule has 8 aromatic carbocycles. The van der Waals surface area contributed by atoms with Gasteiger partial charge in [-0.2, -0.15) is 35.5 Å². The maximum Gasteiger partial charge on any atom is 0.295 e. The highest BCUT2D eigenvalue weighted by Crippen LogP contribution is 2.46. The van der Waals surface area contributed by atoms with Gasteiger partial charge in [0.15, 0.2) is 11.5 Å². The lowest BCUT2D eigenvalue weighted by Gasteiger charge is -2.10. The van der Waals surface area contributed by atoms with Gasteiger partial charge in [-0.3, -0.25) is 13.7 Å². The van der Waals surface area contributed by atoms with Crippen molar-refractivity contribution >= 4 is 96.8 Å². The van der Waals surface area contributed by atoms with Crippen LogP contribution in [0.3, 0.4) is 0 Å². The minimum atomic E-state index is -4.88. The van der Waals surface area contributed by atoms with E-state index in [0.717, 1.165) is 35.4 Å². The lowest BCUT2D eigenvalue weighted by Crippen LogP contribution is -1.99. The van der Waals surface area contributed by atoms with Crippen molar-refractivity contribution in [2.24, 2.45) is 30.7 Å². The fourth-order valence-corrected chi connectivity index (χ4v) is 9.14. The molecule has 0 aliphatic heterocycles. The van der Waals surface area contributed by atoms with Gasteiger partial charge in [0.2, 0.25) is 0 Å². The Kier molecular flexibility index (Phi) is 11.3. The molecular formula is C44H32N6O13S3. The molecule has 0 unspecified atom stereocenters. The molecule has 0 amide bonds. The van der Waals surface area contributed by atoms with Crippen LogP contribution >= 0.6 is 0 Å². The zero-order chi connectivity index (χ0) is 47.5. The van der Waals surface area contributed by atoms with Crippen LogP contribution in [-0.4, -0.2) is 59.3 Å². The van der Waals surface area contributed by atoms with Crippen LogP contribution < -0.4 is 0 Å². The maximum absolute atomic E-state index is 12.2. The van der Waals surface area contributed by atoms with Crippen LogP contribution in [0.25, 0.3) is 43.4 Å². The Bertz CT molecular complexity index is 3820. The first-order valence-corrected chi connectivity index (χ1v) is 23.3. The van der Waals surface area contributed by atoms with Crippen LogP contribution in [0, 0.1) is 13.8 Å². The first kappa shape index (κ1) is 44.9. The highest BCUT2D eigenvalue weighted by Gasteiger charge is 2.24. The van der Waals surface area contributed by atoms with E-state index in [1.165, 1.54) is 54.6 Å². The monoisotopic (exact) mass is 948 g/mol.